The van der Waals surface area contributed by atoms with Crippen LogP contribution in [0.25, 0.3) is 0 Å². The Hall–Kier alpha value is -0.920. The topological polar surface area (TPSA) is 71.5 Å². The summed E-state index contributed by atoms with van der Waals surface area (Å²) in [5, 5.41) is 0. The summed E-state index contributed by atoms with van der Waals surface area (Å²) in [5.41, 5.74) is 2.09. The van der Waals surface area contributed by atoms with Gasteiger partial charge in [-0.1, -0.05) is 24.3 Å². The Morgan fingerprint density at radius 1 is 1.18 bits per heavy atom. The van der Waals surface area contributed by atoms with Crippen LogP contribution < -0.4 is 0 Å². The lowest BCUT2D eigenvalue weighted by Gasteiger charge is -2.29. The molecule has 1 saturated heterocycles. The molecule has 0 amide bonds. The van der Waals surface area contributed by atoms with E-state index in [9.17, 15) is 16.8 Å². The first kappa shape index (κ1) is 16.0. The average molecular weight is 343 g/mol. The zero-order chi connectivity index (χ0) is 16.0. The van der Waals surface area contributed by atoms with Crippen LogP contribution >= 0.6 is 0 Å². The van der Waals surface area contributed by atoms with Crippen molar-refractivity contribution in [3.8, 4) is 0 Å². The minimum atomic E-state index is -3.42. The summed E-state index contributed by atoms with van der Waals surface area (Å²) in [6.07, 6.45) is 1.79. The second-order valence-electron chi connectivity index (χ2n) is 6.42. The second-order valence-corrected chi connectivity index (χ2v) is 10.5. The molecule has 0 radical (unpaired) electrons. The van der Waals surface area contributed by atoms with Gasteiger partial charge in [0, 0.05) is 18.5 Å². The Labute approximate surface area is 132 Å². The van der Waals surface area contributed by atoms with Crippen LogP contribution in [0.2, 0.25) is 0 Å². The van der Waals surface area contributed by atoms with Crippen molar-refractivity contribution in [2.24, 2.45) is 5.92 Å². The van der Waals surface area contributed by atoms with Gasteiger partial charge in [0.25, 0.3) is 0 Å². The minimum absolute atomic E-state index is 0.00903. The molecule has 0 unspecified atom stereocenters. The molecule has 1 aliphatic carbocycles. The third-order valence-electron chi connectivity index (χ3n) is 4.32. The molecule has 2 fully saturated rings. The van der Waals surface area contributed by atoms with Crippen molar-refractivity contribution in [3.63, 3.8) is 0 Å². The van der Waals surface area contributed by atoms with E-state index in [-0.39, 0.29) is 29.2 Å². The van der Waals surface area contributed by atoms with Gasteiger partial charge in [0.15, 0.2) is 9.84 Å². The maximum absolute atomic E-state index is 12.7. The molecule has 0 aromatic heterocycles. The Kier molecular flexibility index (Phi) is 4.07. The molecule has 2 aliphatic rings. The van der Waals surface area contributed by atoms with Gasteiger partial charge in [0.05, 0.1) is 17.3 Å². The number of nitrogens with zero attached hydrogens (tertiary/aromatic N) is 1. The van der Waals surface area contributed by atoms with Crippen molar-refractivity contribution in [3.05, 3.63) is 35.4 Å². The molecule has 0 bridgehead atoms. The largest absolute Gasteiger partial charge is 0.229 e. The van der Waals surface area contributed by atoms with Gasteiger partial charge >= 0.3 is 0 Å². The Morgan fingerprint density at radius 3 is 2.36 bits per heavy atom. The Balaban J connectivity index is 1.74. The van der Waals surface area contributed by atoms with E-state index in [0.29, 0.717) is 6.54 Å². The van der Waals surface area contributed by atoms with E-state index in [0.717, 1.165) is 24.0 Å². The van der Waals surface area contributed by atoms with Gasteiger partial charge in [-0.05, 0) is 30.9 Å². The van der Waals surface area contributed by atoms with Crippen molar-refractivity contribution >= 4 is 19.9 Å². The summed E-state index contributed by atoms with van der Waals surface area (Å²) in [5.74, 6) is -0.271. The molecule has 1 aliphatic heterocycles. The monoisotopic (exact) mass is 343 g/mol. The Bertz CT molecular complexity index is 754. The zero-order valence-corrected chi connectivity index (χ0v) is 14.2. The van der Waals surface area contributed by atoms with Gasteiger partial charge in [-0.15, -0.1) is 0 Å². The van der Waals surface area contributed by atoms with Crippen LogP contribution in [0.15, 0.2) is 24.3 Å². The smallest absolute Gasteiger partial charge is 0.214 e. The fourth-order valence-electron chi connectivity index (χ4n) is 2.93. The molecular formula is C15H21NO4S2. The van der Waals surface area contributed by atoms with Gasteiger partial charge in [0.1, 0.15) is 0 Å². The molecule has 0 N–H and O–H groups in total. The summed E-state index contributed by atoms with van der Waals surface area (Å²) in [7, 11) is -6.40. The predicted octanol–water partition coefficient (Wildman–Crippen LogP) is 1.33. The average Bonchev–Trinajstić information content (AvgIpc) is 3.19. The van der Waals surface area contributed by atoms with Crippen molar-refractivity contribution in [2.75, 3.05) is 17.3 Å². The molecule has 5 nitrogen and oxygen atoms in total. The first-order valence-corrected chi connectivity index (χ1v) is 10.9. The molecule has 1 aromatic rings. The molecule has 1 heterocycles. The first-order chi connectivity index (χ1) is 10.3. The highest BCUT2D eigenvalue weighted by Crippen LogP contribution is 2.33. The zero-order valence-electron chi connectivity index (χ0n) is 12.6. The van der Waals surface area contributed by atoms with E-state index < -0.39 is 19.9 Å². The summed E-state index contributed by atoms with van der Waals surface area (Å²) in [6, 6.07) is 7.87. The lowest BCUT2D eigenvalue weighted by atomic mass is 10.1. The molecule has 3 rings (SSSR count). The summed E-state index contributed by atoms with van der Waals surface area (Å²) in [6.45, 7) is 2.37. The van der Waals surface area contributed by atoms with Crippen LogP contribution in [0.4, 0.5) is 0 Å². The van der Waals surface area contributed by atoms with E-state index in [1.807, 2.05) is 31.2 Å². The lowest BCUT2D eigenvalue weighted by molar-refractivity contribution is 0.393. The normalized spacial score (nSPS) is 21.7. The summed E-state index contributed by atoms with van der Waals surface area (Å²) >= 11 is 0. The van der Waals surface area contributed by atoms with Crippen LogP contribution in [0.3, 0.4) is 0 Å². The fraction of sp³-hybridized carbons (Fsp3) is 0.600. The van der Waals surface area contributed by atoms with Crippen molar-refractivity contribution < 1.29 is 16.8 Å². The fourth-order valence-corrected chi connectivity index (χ4v) is 6.83. The molecule has 122 valence electrons. The number of rotatable bonds is 6. The molecule has 1 aromatic carbocycles. The maximum atomic E-state index is 12.7. The molecule has 22 heavy (non-hydrogen) atoms. The molecular weight excluding hydrogens is 322 g/mol. The molecule has 7 heteroatoms. The van der Waals surface area contributed by atoms with E-state index in [1.54, 1.807) is 4.31 Å². The van der Waals surface area contributed by atoms with Crippen LogP contribution in [-0.2, 0) is 26.4 Å². The van der Waals surface area contributed by atoms with E-state index in [4.69, 9.17) is 0 Å². The number of aryl methyl sites for hydroxylation is 1. The highest BCUT2D eigenvalue weighted by atomic mass is 32.2. The van der Waals surface area contributed by atoms with Crippen molar-refractivity contribution in [1.29, 1.82) is 0 Å². The van der Waals surface area contributed by atoms with Crippen LogP contribution in [0.5, 0.6) is 0 Å². The van der Waals surface area contributed by atoms with Crippen LogP contribution in [-0.4, -0.2) is 44.4 Å². The highest BCUT2D eigenvalue weighted by molar-refractivity contribution is 7.93. The first-order valence-electron chi connectivity index (χ1n) is 7.51. The quantitative estimate of drug-likeness (QED) is 0.781. The van der Waals surface area contributed by atoms with E-state index in [2.05, 4.69) is 0 Å². The number of benzene rings is 1. The van der Waals surface area contributed by atoms with Crippen LogP contribution in [0.1, 0.15) is 24.0 Å². The third kappa shape index (κ3) is 3.52. The number of sulfonamides is 1. The van der Waals surface area contributed by atoms with Gasteiger partial charge in [0.2, 0.25) is 10.0 Å². The lowest BCUT2D eigenvalue weighted by Crippen LogP contribution is -2.45. The number of hydrogen-bond donors (Lipinski definition) is 0. The minimum Gasteiger partial charge on any atom is -0.229 e. The van der Waals surface area contributed by atoms with Gasteiger partial charge in [-0.25, -0.2) is 16.8 Å². The number of sulfone groups is 1. The van der Waals surface area contributed by atoms with Crippen LogP contribution in [0, 0.1) is 12.8 Å². The van der Waals surface area contributed by atoms with Gasteiger partial charge in [-0.2, -0.15) is 4.31 Å². The number of hydrogen-bond acceptors (Lipinski definition) is 4. The second kappa shape index (κ2) is 5.62. The predicted molar refractivity (Wildman–Crippen MR) is 85.7 cm³/mol. The van der Waals surface area contributed by atoms with Crippen molar-refractivity contribution in [1.82, 2.24) is 4.31 Å². The molecule has 1 saturated carbocycles. The van der Waals surface area contributed by atoms with Crippen molar-refractivity contribution in [2.45, 2.75) is 32.4 Å². The highest BCUT2D eigenvalue weighted by Gasteiger charge is 2.42. The standard InChI is InChI=1S/C15H21NO4S2/c1-12-4-2-3-5-14(12)8-16(15-6-7-15)22(19,20)11-13-9-21(17,18)10-13/h2-5,13,15H,6-11H2,1H3. The van der Waals surface area contributed by atoms with Gasteiger partial charge < -0.3 is 0 Å². The molecule has 0 atom stereocenters. The third-order valence-corrected chi connectivity index (χ3v) is 8.32. The summed E-state index contributed by atoms with van der Waals surface area (Å²) < 4.78 is 49.4. The Morgan fingerprint density at radius 2 is 1.82 bits per heavy atom. The summed E-state index contributed by atoms with van der Waals surface area (Å²) in [4.78, 5) is 0. The molecule has 0 spiro atoms. The van der Waals surface area contributed by atoms with Gasteiger partial charge in [-0.3, -0.25) is 0 Å². The van der Waals surface area contributed by atoms with E-state index >= 15 is 0 Å². The van der Waals surface area contributed by atoms with E-state index in [1.165, 1.54) is 0 Å². The SMILES string of the molecule is Cc1ccccc1CN(C1CC1)S(=O)(=O)CC1CS(=O)(=O)C1. The maximum Gasteiger partial charge on any atom is 0.214 e.